The molecule has 0 bridgehead atoms. The van der Waals surface area contributed by atoms with Gasteiger partial charge in [-0.05, 0) is 24.3 Å². The van der Waals surface area contributed by atoms with Crippen molar-refractivity contribution >= 4 is 11.4 Å². The molecule has 0 aliphatic carbocycles. The Morgan fingerprint density at radius 3 is 2.83 bits per heavy atom. The Morgan fingerprint density at radius 2 is 2.12 bits per heavy atom. The molecule has 24 heavy (non-hydrogen) atoms. The summed E-state index contributed by atoms with van der Waals surface area (Å²) in [4.78, 5) is 5.73. The molecule has 4 rings (SSSR count). The average molecular weight is 325 g/mol. The van der Waals surface area contributed by atoms with E-state index in [-0.39, 0.29) is 0 Å². The summed E-state index contributed by atoms with van der Waals surface area (Å²) in [6, 6.07) is 9.27. The van der Waals surface area contributed by atoms with Gasteiger partial charge in [0, 0.05) is 11.8 Å². The molecule has 1 atom stereocenters. The number of nitrogens with two attached hydrogens (primary N) is 1. The zero-order chi connectivity index (χ0) is 16.5. The molecule has 1 unspecified atom stereocenters. The number of aromatic nitrogens is 1. The maximum absolute atomic E-state index is 6.07. The van der Waals surface area contributed by atoms with Crippen molar-refractivity contribution < 1.29 is 18.3 Å². The molecule has 1 aromatic carbocycles. The van der Waals surface area contributed by atoms with Gasteiger partial charge in [0.1, 0.15) is 5.75 Å². The summed E-state index contributed by atoms with van der Waals surface area (Å²) < 4.78 is 21.8. The Labute approximate surface area is 137 Å². The number of methoxy groups -OCH3 is 1. The van der Waals surface area contributed by atoms with Crippen LogP contribution in [0.4, 0.5) is 5.69 Å². The van der Waals surface area contributed by atoms with Crippen LogP contribution in [-0.4, -0.2) is 18.4 Å². The van der Waals surface area contributed by atoms with Crippen LogP contribution in [-0.2, 0) is 4.74 Å². The van der Waals surface area contributed by atoms with Gasteiger partial charge in [-0.1, -0.05) is 0 Å². The van der Waals surface area contributed by atoms with Gasteiger partial charge in [0.2, 0.25) is 6.35 Å². The van der Waals surface area contributed by atoms with Gasteiger partial charge >= 0.3 is 0 Å². The zero-order valence-electron chi connectivity index (χ0n) is 12.9. The summed E-state index contributed by atoms with van der Waals surface area (Å²) in [6.45, 7) is 0. The van der Waals surface area contributed by atoms with Crippen LogP contribution in [0.25, 0.3) is 17.1 Å². The summed E-state index contributed by atoms with van der Waals surface area (Å²) in [5, 5.41) is 0. The minimum Gasteiger partial charge on any atom is -0.496 e. The molecular formula is C17H15N3O4. The molecular weight excluding hydrogens is 310 g/mol. The normalized spacial score (nSPS) is 16.8. The van der Waals surface area contributed by atoms with E-state index in [2.05, 4.69) is 4.98 Å². The molecule has 3 aromatic rings. The summed E-state index contributed by atoms with van der Waals surface area (Å²) in [6.07, 6.45) is 5.75. The second-order valence-corrected chi connectivity index (χ2v) is 5.14. The van der Waals surface area contributed by atoms with Gasteiger partial charge in [-0.2, -0.15) is 0 Å². The van der Waals surface area contributed by atoms with Crippen molar-refractivity contribution in [1.82, 2.24) is 4.98 Å². The second-order valence-electron chi connectivity index (χ2n) is 5.14. The molecule has 2 N–H and O–H groups in total. The van der Waals surface area contributed by atoms with Crippen LogP contribution in [0.2, 0.25) is 0 Å². The first kappa shape index (κ1) is 14.4. The fourth-order valence-corrected chi connectivity index (χ4v) is 2.57. The molecule has 1 aliphatic rings. The molecule has 0 spiro atoms. The number of ether oxygens (including phenoxy) is 2. The van der Waals surface area contributed by atoms with Crippen molar-refractivity contribution in [2.45, 2.75) is 6.35 Å². The Hall–Kier alpha value is -3.19. The lowest BCUT2D eigenvalue weighted by Crippen LogP contribution is -2.36. The van der Waals surface area contributed by atoms with E-state index in [4.69, 9.17) is 24.0 Å². The highest BCUT2D eigenvalue weighted by Gasteiger charge is 2.26. The van der Waals surface area contributed by atoms with Crippen LogP contribution in [0.5, 0.6) is 5.75 Å². The van der Waals surface area contributed by atoms with Crippen molar-refractivity contribution in [1.29, 1.82) is 0 Å². The molecule has 1 aliphatic heterocycles. The molecule has 7 heteroatoms. The van der Waals surface area contributed by atoms with Crippen LogP contribution >= 0.6 is 0 Å². The third-order valence-corrected chi connectivity index (χ3v) is 3.72. The number of benzene rings is 1. The smallest absolute Gasteiger partial charge is 0.231 e. The number of nitrogens with zero attached hydrogens (tertiary/aromatic N) is 2. The predicted molar refractivity (Wildman–Crippen MR) is 86.7 cm³/mol. The van der Waals surface area contributed by atoms with Gasteiger partial charge in [-0.15, -0.1) is 0 Å². The fourth-order valence-electron chi connectivity index (χ4n) is 2.57. The number of anilines is 1. The lowest BCUT2D eigenvalue weighted by atomic mass is 10.1. The van der Waals surface area contributed by atoms with Gasteiger partial charge in [0.15, 0.2) is 23.7 Å². The molecule has 3 heterocycles. The molecule has 7 nitrogen and oxygen atoms in total. The number of hydrogen-bond acceptors (Lipinski definition) is 7. The third kappa shape index (κ3) is 2.40. The van der Waals surface area contributed by atoms with E-state index in [1.807, 2.05) is 24.3 Å². The van der Waals surface area contributed by atoms with Gasteiger partial charge in [-0.3, -0.25) is 10.6 Å². The minimum atomic E-state index is -0.647. The van der Waals surface area contributed by atoms with Crippen molar-refractivity contribution in [2.24, 2.45) is 5.73 Å². The van der Waals surface area contributed by atoms with E-state index in [1.165, 1.54) is 6.39 Å². The molecule has 0 fully saturated rings. The quantitative estimate of drug-likeness (QED) is 0.789. The lowest BCUT2D eigenvalue weighted by molar-refractivity contribution is 0.194. The summed E-state index contributed by atoms with van der Waals surface area (Å²) in [5.74, 6) is 2.48. The standard InChI is InChI=1S/C17H15N3O4/c1-21-14-7-11(4-5-12(14)15-8-19-10-23-15)20-9-16(24-17(20)18)13-3-2-6-22-13/h2-10,17H,18H2,1H3. The molecule has 0 saturated heterocycles. The first-order valence-electron chi connectivity index (χ1n) is 7.29. The van der Waals surface area contributed by atoms with Crippen LogP contribution < -0.4 is 15.4 Å². The Kier molecular flexibility index (Phi) is 3.47. The number of hydrogen-bond donors (Lipinski definition) is 1. The van der Waals surface area contributed by atoms with E-state index in [0.717, 1.165) is 11.3 Å². The fraction of sp³-hybridized carbons (Fsp3) is 0.118. The topological polar surface area (TPSA) is 86.9 Å². The number of furan rings is 1. The largest absolute Gasteiger partial charge is 0.496 e. The Balaban J connectivity index is 1.69. The number of rotatable bonds is 4. The van der Waals surface area contributed by atoms with Gasteiger partial charge in [-0.25, -0.2) is 4.98 Å². The first-order valence-corrected chi connectivity index (χ1v) is 7.29. The Bertz CT molecular complexity index is 856. The zero-order valence-corrected chi connectivity index (χ0v) is 12.9. The number of oxazole rings is 1. The minimum absolute atomic E-state index is 0.575. The summed E-state index contributed by atoms with van der Waals surface area (Å²) >= 11 is 0. The van der Waals surface area contributed by atoms with E-state index >= 15 is 0 Å². The van der Waals surface area contributed by atoms with Gasteiger partial charge < -0.3 is 18.3 Å². The van der Waals surface area contributed by atoms with Gasteiger partial charge in [0.05, 0.1) is 31.3 Å². The second kappa shape index (κ2) is 5.78. The van der Waals surface area contributed by atoms with E-state index in [1.54, 1.807) is 36.7 Å². The van der Waals surface area contributed by atoms with Crippen molar-refractivity contribution in [3.05, 3.63) is 61.1 Å². The van der Waals surface area contributed by atoms with Crippen LogP contribution in [0, 0.1) is 0 Å². The van der Waals surface area contributed by atoms with Crippen molar-refractivity contribution in [3.8, 4) is 17.1 Å². The molecule has 0 radical (unpaired) electrons. The Morgan fingerprint density at radius 1 is 1.21 bits per heavy atom. The van der Waals surface area contributed by atoms with Gasteiger partial charge in [0.25, 0.3) is 0 Å². The monoisotopic (exact) mass is 325 g/mol. The van der Waals surface area contributed by atoms with Crippen molar-refractivity contribution in [3.63, 3.8) is 0 Å². The summed E-state index contributed by atoms with van der Waals surface area (Å²) in [7, 11) is 1.60. The average Bonchev–Trinajstić information content (AvgIpc) is 3.35. The molecule has 0 amide bonds. The van der Waals surface area contributed by atoms with E-state index in [0.29, 0.717) is 23.0 Å². The highest BCUT2D eigenvalue weighted by molar-refractivity contribution is 5.72. The molecule has 122 valence electrons. The molecule has 0 saturated carbocycles. The van der Waals surface area contributed by atoms with Crippen LogP contribution in [0.1, 0.15) is 5.76 Å². The highest BCUT2D eigenvalue weighted by Crippen LogP contribution is 2.36. The molecule has 2 aromatic heterocycles. The predicted octanol–water partition coefficient (Wildman–Crippen LogP) is 3.02. The summed E-state index contributed by atoms with van der Waals surface area (Å²) in [5.41, 5.74) is 7.70. The maximum atomic E-state index is 6.07. The third-order valence-electron chi connectivity index (χ3n) is 3.72. The maximum Gasteiger partial charge on any atom is 0.231 e. The van der Waals surface area contributed by atoms with Crippen LogP contribution in [0.15, 0.2) is 64.2 Å². The first-order chi connectivity index (χ1) is 11.8. The van der Waals surface area contributed by atoms with Crippen molar-refractivity contribution in [2.75, 3.05) is 12.0 Å². The lowest BCUT2D eigenvalue weighted by Gasteiger charge is -2.21. The SMILES string of the molecule is COc1cc(N2C=C(c3ccco3)OC2N)ccc1-c1cnco1. The highest BCUT2D eigenvalue weighted by atomic mass is 16.5. The van der Waals surface area contributed by atoms with E-state index < -0.39 is 6.35 Å². The van der Waals surface area contributed by atoms with E-state index in [9.17, 15) is 0 Å². The van der Waals surface area contributed by atoms with Crippen LogP contribution in [0.3, 0.4) is 0 Å².